The van der Waals surface area contributed by atoms with E-state index >= 15 is 0 Å². The molecule has 6 nitrogen and oxygen atoms in total. The number of carbonyl (C=O) groups is 2. The largest absolute Gasteiger partial charge is 0.545 e. The molecule has 6 heteroatoms. The number of fused-ring (bicyclic) bond motifs is 1. The Morgan fingerprint density at radius 2 is 1.91 bits per heavy atom. The maximum atomic E-state index is 12.0. The molecule has 0 amide bonds. The molecule has 0 spiro atoms. The molecule has 1 aromatic carbocycles. The van der Waals surface area contributed by atoms with Gasteiger partial charge in [0.2, 0.25) is 0 Å². The second-order valence-corrected chi connectivity index (χ2v) is 5.34. The molecule has 0 bridgehead atoms. The first-order valence-corrected chi connectivity index (χ1v) is 7.05. The number of aromatic carboxylic acids is 1. The van der Waals surface area contributed by atoms with Gasteiger partial charge in [0.15, 0.2) is 0 Å². The molecule has 0 radical (unpaired) electrons. The van der Waals surface area contributed by atoms with Gasteiger partial charge in [-0.2, -0.15) is 0 Å². The Hall–Kier alpha value is -2.63. The number of esters is 1. The van der Waals surface area contributed by atoms with Gasteiger partial charge in [0.25, 0.3) is 0 Å². The maximum Gasteiger partial charge on any atom is 0.345 e. The van der Waals surface area contributed by atoms with Crippen LogP contribution in [0.25, 0.3) is 11.0 Å². The predicted molar refractivity (Wildman–Crippen MR) is 74.4 cm³/mol. The number of rotatable bonds is 3. The normalized spacial score (nSPS) is 15.1. The second-order valence-electron chi connectivity index (χ2n) is 5.34. The molecular formula is C16H13O6-. The van der Waals surface area contributed by atoms with Gasteiger partial charge >= 0.3 is 11.6 Å². The third-order valence-corrected chi connectivity index (χ3v) is 3.83. The molecule has 0 atom stereocenters. The van der Waals surface area contributed by atoms with Crippen molar-refractivity contribution in [2.75, 3.05) is 0 Å². The van der Waals surface area contributed by atoms with Crippen molar-refractivity contribution in [3.63, 3.8) is 0 Å². The van der Waals surface area contributed by atoms with E-state index in [-0.39, 0.29) is 23.2 Å². The average molecular weight is 301 g/mol. The smallest absolute Gasteiger partial charge is 0.345 e. The van der Waals surface area contributed by atoms with Gasteiger partial charge in [-0.15, -0.1) is 0 Å². The highest BCUT2D eigenvalue weighted by atomic mass is 16.5. The summed E-state index contributed by atoms with van der Waals surface area (Å²) in [6.45, 7) is 0. The molecule has 1 aliphatic rings. The van der Waals surface area contributed by atoms with Crippen molar-refractivity contribution in [2.24, 2.45) is 5.92 Å². The number of benzene rings is 1. The Labute approximate surface area is 125 Å². The fourth-order valence-corrected chi connectivity index (χ4v) is 2.66. The number of ether oxygens (including phenoxy) is 1. The summed E-state index contributed by atoms with van der Waals surface area (Å²) in [7, 11) is 0. The number of carbonyl (C=O) groups excluding carboxylic acids is 2. The Balaban J connectivity index is 1.89. The fraction of sp³-hybridized carbons (Fsp3) is 0.312. The first kappa shape index (κ1) is 14.3. The third-order valence-electron chi connectivity index (χ3n) is 3.83. The van der Waals surface area contributed by atoms with Crippen LogP contribution in [0.2, 0.25) is 0 Å². The monoisotopic (exact) mass is 301 g/mol. The molecule has 2 aromatic rings. The lowest BCUT2D eigenvalue weighted by Gasteiger charge is -2.09. The van der Waals surface area contributed by atoms with Gasteiger partial charge in [0, 0.05) is 11.5 Å². The molecule has 1 saturated carbocycles. The minimum absolute atomic E-state index is 0.0804. The zero-order valence-electron chi connectivity index (χ0n) is 11.7. The summed E-state index contributed by atoms with van der Waals surface area (Å²) in [5.74, 6) is -1.69. The van der Waals surface area contributed by atoms with E-state index in [4.69, 9.17) is 9.15 Å². The third kappa shape index (κ3) is 2.72. The van der Waals surface area contributed by atoms with Crippen LogP contribution >= 0.6 is 0 Å². The van der Waals surface area contributed by atoms with Crippen LogP contribution in [-0.4, -0.2) is 11.9 Å². The van der Waals surface area contributed by atoms with Crippen molar-refractivity contribution in [3.8, 4) is 5.75 Å². The molecule has 0 aliphatic heterocycles. The second kappa shape index (κ2) is 5.63. The van der Waals surface area contributed by atoms with Crippen LogP contribution in [0, 0.1) is 5.92 Å². The minimum atomic E-state index is -1.59. The van der Waals surface area contributed by atoms with Gasteiger partial charge in [0.05, 0.1) is 17.5 Å². The van der Waals surface area contributed by atoms with Gasteiger partial charge in [-0.25, -0.2) is 4.79 Å². The Morgan fingerprint density at radius 1 is 1.18 bits per heavy atom. The van der Waals surface area contributed by atoms with Gasteiger partial charge in [-0.05, 0) is 31.0 Å². The van der Waals surface area contributed by atoms with Crippen LogP contribution in [-0.2, 0) is 4.79 Å². The molecule has 1 fully saturated rings. The lowest BCUT2D eigenvalue weighted by molar-refractivity contribution is -0.255. The van der Waals surface area contributed by atoms with Crippen LogP contribution in [0.1, 0.15) is 36.0 Å². The quantitative estimate of drug-likeness (QED) is 0.481. The molecule has 1 aromatic heterocycles. The van der Waals surface area contributed by atoms with E-state index in [9.17, 15) is 19.5 Å². The molecule has 1 aliphatic carbocycles. The van der Waals surface area contributed by atoms with Gasteiger partial charge < -0.3 is 19.1 Å². The number of hydrogen-bond donors (Lipinski definition) is 0. The van der Waals surface area contributed by atoms with E-state index in [0.717, 1.165) is 25.7 Å². The Bertz CT molecular complexity index is 798. The van der Waals surface area contributed by atoms with E-state index in [1.54, 1.807) is 0 Å². The van der Waals surface area contributed by atoms with Gasteiger partial charge in [-0.3, -0.25) is 4.79 Å². The average Bonchev–Trinajstić information content (AvgIpc) is 3.00. The molecule has 0 N–H and O–H groups in total. The van der Waals surface area contributed by atoms with Gasteiger partial charge in [0.1, 0.15) is 11.3 Å². The van der Waals surface area contributed by atoms with Crippen molar-refractivity contribution < 1.29 is 23.8 Å². The van der Waals surface area contributed by atoms with E-state index in [1.165, 1.54) is 24.3 Å². The Kier molecular flexibility index (Phi) is 3.66. The van der Waals surface area contributed by atoms with Crippen molar-refractivity contribution in [2.45, 2.75) is 25.7 Å². The first-order chi connectivity index (χ1) is 10.5. The molecule has 0 saturated heterocycles. The molecule has 22 heavy (non-hydrogen) atoms. The highest BCUT2D eigenvalue weighted by Gasteiger charge is 2.24. The predicted octanol–water partition coefficient (Wildman–Crippen LogP) is 1.25. The fourth-order valence-electron chi connectivity index (χ4n) is 2.66. The van der Waals surface area contributed by atoms with Crippen molar-refractivity contribution in [1.82, 2.24) is 0 Å². The topological polar surface area (TPSA) is 96.6 Å². The van der Waals surface area contributed by atoms with Crippen molar-refractivity contribution >= 4 is 22.9 Å². The lowest BCUT2D eigenvalue weighted by Crippen LogP contribution is -2.28. The van der Waals surface area contributed by atoms with Crippen LogP contribution in [0.5, 0.6) is 5.75 Å². The Morgan fingerprint density at radius 3 is 2.59 bits per heavy atom. The van der Waals surface area contributed by atoms with Crippen LogP contribution in [0.15, 0.2) is 33.5 Å². The van der Waals surface area contributed by atoms with Crippen molar-refractivity contribution in [1.29, 1.82) is 0 Å². The van der Waals surface area contributed by atoms with Crippen LogP contribution in [0.4, 0.5) is 0 Å². The summed E-state index contributed by atoms with van der Waals surface area (Å²) in [6, 6.07) is 5.65. The zero-order valence-corrected chi connectivity index (χ0v) is 11.7. The highest BCUT2D eigenvalue weighted by molar-refractivity contribution is 5.90. The molecule has 3 rings (SSSR count). The lowest BCUT2D eigenvalue weighted by atomic mass is 10.1. The van der Waals surface area contributed by atoms with Crippen LogP contribution in [0.3, 0.4) is 0 Å². The molecule has 114 valence electrons. The molecular weight excluding hydrogens is 288 g/mol. The van der Waals surface area contributed by atoms with E-state index in [0.29, 0.717) is 5.39 Å². The number of carboxylic acids is 1. The number of hydrogen-bond acceptors (Lipinski definition) is 6. The standard InChI is InChI=1S/C16H14O6/c17-14(18)12-7-10-5-6-11(8-13(10)22-16(12)20)21-15(19)9-3-1-2-4-9/h5-9H,1-4H2,(H,17,18)/p-1. The summed E-state index contributed by atoms with van der Waals surface area (Å²) in [4.78, 5) is 34.3. The van der Waals surface area contributed by atoms with Crippen LogP contribution < -0.4 is 15.5 Å². The zero-order chi connectivity index (χ0) is 15.7. The van der Waals surface area contributed by atoms with E-state index in [2.05, 4.69) is 0 Å². The summed E-state index contributed by atoms with van der Waals surface area (Å²) in [5, 5.41) is 11.2. The minimum Gasteiger partial charge on any atom is -0.545 e. The van der Waals surface area contributed by atoms with E-state index in [1.807, 2.05) is 0 Å². The summed E-state index contributed by atoms with van der Waals surface area (Å²) in [6.07, 6.45) is 3.71. The van der Waals surface area contributed by atoms with Crippen molar-refractivity contribution in [3.05, 3.63) is 40.2 Å². The summed E-state index contributed by atoms with van der Waals surface area (Å²) >= 11 is 0. The van der Waals surface area contributed by atoms with Gasteiger partial charge in [-0.1, -0.05) is 12.8 Å². The summed E-state index contributed by atoms with van der Waals surface area (Å²) < 4.78 is 10.2. The SMILES string of the molecule is O=C([O-])c1cc2ccc(OC(=O)C3CCCC3)cc2oc1=O. The maximum absolute atomic E-state index is 12.0. The van der Waals surface area contributed by atoms with E-state index < -0.39 is 17.2 Å². The number of carboxylic acid groups (broad SMARTS) is 1. The molecule has 1 heterocycles. The molecule has 0 unspecified atom stereocenters. The summed E-state index contributed by atoms with van der Waals surface area (Å²) in [5.41, 5.74) is -1.37. The first-order valence-electron chi connectivity index (χ1n) is 7.05. The highest BCUT2D eigenvalue weighted by Crippen LogP contribution is 2.27.